The minimum absolute atomic E-state index is 0.0398. The number of amides is 3. The number of aryl methyl sites for hydroxylation is 1. The van der Waals surface area contributed by atoms with Crippen molar-refractivity contribution in [3.8, 4) is 5.75 Å². The van der Waals surface area contributed by atoms with Gasteiger partial charge in [-0.15, -0.1) is 13.2 Å². The van der Waals surface area contributed by atoms with Crippen LogP contribution in [0.4, 0.5) is 27.6 Å². The summed E-state index contributed by atoms with van der Waals surface area (Å²) in [6, 6.07) is 37.9. The van der Waals surface area contributed by atoms with Gasteiger partial charge in [-0.2, -0.15) is 0 Å². The highest BCUT2D eigenvalue weighted by atomic mass is 35.7. The number of fused-ring (bicyclic) bond motifs is 9. The lowest BCUT2D eigenvalue weighted by Gasteiger charge is -2.42. The van der Waals surface area contributed by atoms with Crippen LogP contribution in [0, 0.1) is 6.92 Å². The van der Waals surface area contributed by atoms with E-state index in [2.05, 4.69) is 45.2 Å². The number of alkyl halides is 3. The van der Waals surface area contributed by atoms with Gasteiger partial charge in [-0.25, -0.2) is 35.9 Å². The molecule has 11 aromatic rings. The highest BCUT2D eigenvalue weighted by molar-refractivity contribution is 8.13. The largest absolute Gasteiger partial charge is 0.573 e. The summed E-state index contributed by atoms with van der Waals surface area (Å²) < 4.78 is 115. The van der Waals surface area contributed by atoms with Crippen LogP contribution in [0.15, 0.2) is 173 Å². The molecule has 0 aliphatic carbocycles. The van der Waals surface area contributed by atoms with E-state index in [9.17, 15) is 59.7 Å². The maximum absolute atomic E-state index is 13.4. The molecule has 0 radical (unpaired) electrons. The van der Waals surface area contributed by atoms with Crippen molar-refractivity contribution in [2.45, 2.75) is 178 Å². The fourth-order valence-electron chi connectivity index (χ4n) is 15.0. The second-order valence-corrected chi connectivity index (χ2v) is 39.9. The molecule has 3 saturated heterocycles. The number of sulfonamides is 1. The van der Waals surface area contributed by atoms with Crippen molar-refractivity contribution in [3.05, 3.63) is 204 Å². The molecule has 0 spiro atoms. The summed E-state index contributed by atoms with van der Waals surface area (Å²) >= 11 is 37.6. The van der Waals surface area contributed by atoms with Crippen LogP contribution in [0.5, 0.6) is 5.75 Å². The first kappa shape index (κ1) is 97.7. The molecule has 0 bridgehead atoms. The van der Waals surface area contributed by atoms with E-state index in [-0.39, 0.29) is 49.1 Å². The fourth-order valence-corrected chi connectivity index (χ4v) is 18.1. The van der Waals surface area contributed by atoms with E-state index in [1.54, 1.807) is 107 Å². The zero-order valence-electron chi connectivity index (χ0n) is 70.0. The van der Waals surface area contributed by atoms with Crippen LogP contribution < -0.4 is 15.2 Å². The summed E-state index contributed by atoms with van der Waals surface area (Å²) in [4.78, 5) is 48.2. The number of piperidine rings is 3. The lowest BCUT2D eigenvalue weighted by molar-refractivity contribution is -0.274. The lowest BCUT2D eigenvalue weighted by Crippen LogP contribution is -2.60. The Kier molecular flexibility index (Phi) is 31.4. The van der Waals surface area contributed by atoms with Crippen molar-refractivity contribution in [2.75, 3.05) is 58.9 Å². The van der Waals surface area contributed by atoms with Crippen LogP contribution in [0.3, 0.4) is 0 Å². The Balaban J connectivity index is 0.000000179. The third kappa shape index (κ3) is 24.3. The van der Waals surface area contributed by atoms with Gasteiger partial charge < -0.3 is 73.3 Å². The molecular weight excluding hydrogens is 1790 g/mol. The maximum Gasteiger partial charge on any atom is 0.573 e. The summed E-state index contributed by atoms with van der Waals surface area (Å²) in [5, 5.41) is 46.0. The highest BCUT2D eigenvalue weighted by Crippen LogP contribution is 2.43. The van der Waals surface area contributed by atoms with Gasteiger partial charge >= 0.3 is 24.6 Å². The fraction of sp³-hybridized carbons (Fsp3) is 0.407. The molecule has 0 saturated carbocycles. The monoisotopic (exact) mass is 1890 g/mol. The topological polar surface area (TPSA) is 332 Å². The smallest absolute Gasteiger partial charge is 0.444 e. The van der Waals surface area contributed by atoms with Crippen molar-refractivity contribution in [1.29, 1.82) is 0 Å². The molecule has 9 atom stereocenters. The molecule has 14 rings (SSSR count). The third-order valence-electron chi connectivity index (χ3n) is 20.6. The molecule has 124 heavy (non-hydrogen) atoms. The summed E-state index contributed by atoms with van der Waals surface area (Å²) in [6.45, 7) is 28.3. The minimum atomic E-state index is -4.95. The number of nitrogens with two attached hydrogens (primary N) is 1. The highest BCUT2D eigenvalue weighted by Gasteiger charge is 2.45. The normalized spacial score (nSPS) is 19.7. The molecule has 3 fully saturated rings. The van der Waals surface area contributed by atoms with Gasteiger partial charge in [0.15, 0.2) is 0 Å². The number of azide groups is 1. The molecule has 8 aromatic carbocycles. The number of ether oxygens (including phenoxy) is 4. The van der Waals surface area contributed by atoms with Gasteiger partial charge in [-0.3, -0.25) is 0 Å². The van der Waals surface area contributed by atoms with Gasteiger partial charge in [-0.1, -0.05) is 113 Å². The standard InChI is InChI=1S/C29H28Cl2F3N3O6S.C22H23Cl2N5O3.C22H25Cl2N3O3.C7H7ClO2S.C6H15N/c1-28(2,3)43-27(39)36-14-22(35-44(40,41)19-8-6-18(7-9-19)42-29(32,33)34)26(38)25(15-36)37-23-10-4-16(30)12-20(23)21-13-17(31)5-11-24(21)37;1-22(2,3)32-21(31)28-10-16(26-27-25)20(30)19(11-28)29-17-6-4-12(23)8-14(17)15-9-13(24)5-7-18(15)29;1-22(2,3)30-21(29)26-10-16(25)20(28)19(11-26)27-17-6-4-12(23)8-14(17)15-9-13(24)5-7-18(15)27;1-6-2-4-7(5-3-6)11(8,9)10;1-4-7(5-2)6-3/h4-13,22,25-26,35,38H,14-15H2,1-3H3;4-9,16,19-20,30H,10-11H2,1-3H3;4-9,16,19-20,28H,10-11,25H2,1-3H3;2-5H,1H3;4-6H2,1-3H3/t22-,25+,26+;2*16-,19+,20+;;/m111../s1. The molecule has 38 heteroatoms. The summed E-state index contributed by atoms with van der Waals surface area (Å²) in [5.41, 5.74) is 18.9. The first-order valence-corrected chi connectivity index (χ1v) is 45.5. The number of likely N-dealkylation sites (tertiary alicyclic amines) is 3. The molecule has 3 aromatic heterocycles. The number of nitrogens with zero attached hydrogens (tertiary/aromatic N) is 10. The predicted octanol–water partition coefficient (Wildman–Crippen LogP) is 20.3. The van der Waals surface area contributed by atoms with E-state index >= 15 is 0 Å². The Morgan fingerprint density at radius 1 is 0.484 bits per heavy atom. The van der Waals surface area contributed by atoms with Gasteiger partial charge in [0.1, 0.15) is 22.6 Å². The van der Waals surface area contributed by atoms with E-state index in [1.165, 1.54) is 41.6 Å². The Morgan fingerprint density at radius 2 is 0.790 bits per heavy atom. The van der Waals surface area contributed by atoms with Crippen molar-refractivity contribution >= 4 is 183 Å². The number of aliphatic hydroxyl groups excluding tert-OH is 3. The van der Waals surface area contributed by atoms with E-state index < -0.39 is 121 Å². The molecule has 26 nitrogen and oxygen atoms in total. The molecule has 6 heterocycles. The molecule has 0 unspecified atom stereocenters. The molecule has 3 aliphatic rings. The van der Waals surface area contributed by atoms with Gasteiger partial charge in [0.25, 0.3) is 9.05 Å². The van der Waals surface area contributed by atoms with Crippen molar-refractivity contribution in [3.63, 3.8) is 0 Å². The van der Waals surface area contributed by atoms with Crippen molar-refractivity contribution < 1.29 is 78.7 Å². The number of hydrogen-bond donors (Lipinski definition) is 5. The molecule has 3 aliphatic heterocycles. The van der Waals surface area contributed by atoms with E-state index in [1.807, 2.05) is 102 Å². The van der Waals surface area contributed by atoms with Crippen LogP contribution in [0.2, 0.25) is 30.1 Å². The zero-order chi connectivity index (χ0) is 91.4. The van der Waals surface area contributed by atoms with Crippen LogP contribution >= 0.6 is 80.3 Å². The van der Waals surface area contributed by atoms with Crippen LogP contribution in [-0.2, 0) is 33.3 Å². The minimum Gasteiger partial charge on any atom is -0.444 e. The summed E-state index contributed by atoms with van der Waals surface area (Å²) in [6.07, 6.45) is -9.88. The second-order valence-electron chi connectivity index (χ2n) is 33.0. The van der Waals surface area contributed by atoms with Gasteiger partial charge in [-0.05, 0) is 240 Å². The number of carbonyl (C=O) groups excluding carboxylic acids is 3. The van der Waals surface area contributed by atoms with Gasteiger partial charge in [0.2, 0.25) is 10.0 Å². The van der Waals surface area contributed by atoms with Crippen LogP contribution in [0.25, 0.3) is 75.9 Å². The first-order chi connectivity index (χ1) is 57.9. The number of rotatable bonds is 12. The Bertz CT molecular complexity index is 5820. The third-order valence-corrected chi connectivity index (χ3v) is 24.8. The van der Waals surface area contributed by atoms with Gasteiger partial charge in [0.05, 0.1) is 64.4 Å². The first-order valence-electron chi connectivity index (χ1n) is 39.5. The number of nitrogens with one attached hydrogen (secondary N) is 1. The summed E-state index contributed by atoms with van der Waals surface area (Å²) in [7, 11) is -2.86. The molecule has 6 N–H and O–H groups in total. The Hall–Kier alpha value is -8.44. The van der Waals surface area contributed by atoms with E-state index in [0.717, 1.165) is 84.2 Å². The van der Waals surface area contributed by atoms with E-state index in [4.69, 9.17) is 106 Å². The van der Waals surface area contributed by atoms with Crippen molar-refractivity contribution in [2.24, 2.45) is 10.8 Å². The number of aromatic nitrogens is 3. The number of carbonyl (C=O) groups is 3. The number of halogens is 10. The van der Waals surface area contributed by atoms with Crippen LogP contribution in [0.1, 0.15) is 107 Å². The van der Waals surface area contributed by atoms with Crippen molar-refractivity contribution in [1.82, 2.24) is 38.0 Å². The average Bonchev–Trinajstić information content (AvgIpc) is 1.61. The van der Waals surface area contributed by atoms with Crippen LogP contribution in [-0.4, -0.2) is 202 Å². The Morgan fingerprint density at radius 3 is 1.09 bits per heavy atom. The molecule has 3 amide bonds. The average molecular weight is 1890 g/mol. The van der Waals surface area contributed by atoms with Gasteiger partial charge in [0, 0.05) is 150 Å². The lowest BCUT2D eigenvalue weighted by atomic mass is 9.97. The molecular formula is C86H98Cl7F3N12O14S2. The quantitative estimate of drug-likeness (QED) is 0.0249. The second kappa shape index (κ2) is 39.8. The summed E-state index contributed by atoms with van der Waals surface area (Å²) in [5.74, 6) is -0.600. The number of aliphatic hydroxyl groups is 3. The maximum atomic E-state index is 13.4. The number of hydrogen-bond acceptors (Lipinski definition) is 17. The Labute approximate surface area is 751 Å². The predicted molar refractivity (Wildman–Crippen MR) is 483 cm³/mol. The van der Waals surface area contributed by atoms with E-state index in [0.29, 0.717) is 41.2 Å². The SMILES string of the molecule is CC(C)(C)OC(=O)N1C[C@@H](N)[C@H](O)[C@@H](n2c3ccc(Cl)cc3c3cc(Cl)ccc32)C1.CC(C)(C)OC(=O)N1C[C@@H](N=[N+]=[N-])[C@H](O)[C@@H](n2c3ccc(Cl)cc3c3cc(Cl)ccc32)C1.CC(C)(C)OC(=O)N1C[C@@H](NS(=O)(=O)c2ccc(OC(F)(F)F)cc2)[C@H](O)[C@@H](n2c3ccc(Cl)cc3c3cc(Cl)ccc32)C1.CCN(CC)CC.Cc1ccc(S(=O)(=O)Cl)cc1. The number of benzene rings is 8. The molecule has 668 valence electrons. The zero-order valence-corrected chi connectivity index (χ0v) is 77.0.